The van der Waals surface area contributed by atoms with Crippen LogP contribution >= 0.6 is 0 Å². The van der Waals surface area contributed by atoms with Crippen LogP contribution in [-0.4, -0.2) is 50.0 Å². The summed E-state index contributed by atoms with van der Waals surface area (Å²) in [7, 11) is 3.72. The van der Waals surface area contributed by atoms with Gasteiger partial charge in [-0.25, -0.2) is 0 Å². The highest BCUT2D eigenvalue weighted by molar-refractivity contribution is 4.61. The minimum absolute atomic E-state index is 0.230. The van der Waals surface area contributed by atoms with Gasteiger partial charge in [0.2, 0.25) is 0 Å². The van der Waals surface area contributed by atoms with Crippen molar-refractivity contribution in [1.82, 2.24) is 4.90 Å². The lowest BCUT2D eigenvalue weighted by atomic mass is 10.2. The monoisotopic (exact) mass is 161 g/mol. The molecule has 68 valence electrons. The Morgan fingerprint density at radius 2 is 2.18 bits per heavy atom. The fraction of sp³-hybridized carbons (Fsp3) is 1.00. The van der Waals surface area contributed by atoms with Crippen LogP contribution in [0, 0.1) is 0 Å². The summed E-state index contributed by atoms with van der Waals surface area (Å²) in [6.07, 6.45) is 1.02. The first-order chi connectivity index (χ1) is 5.22. The van der Waals surface area contributed by atoms with Crippen LogP contribution in [0.4, 0.5) is 0 Å². The van der Waals surface area contributed by atoms with Gasteiger partial charge < -0.3 is 14.7 Å². The first-order valence-electron chi connectivity index (χ1n) is 4.02. The van der Waals surface area contributed by atoms with Gasteiger partial charge in [0.1, 0.15) is 0 Å². The Morgan fingerprint density at radius 1 is 1.55 bits per heavy atom. The molecule has 0 fully saturated rings. The molecule has 1 unspecified atom stereocenters. The van der Waals surface area contributed by atoms with Crippen LogP contribution in [0.15, 0.2) is 0 Å². The first-order valence-corrected chi connectivity index (χ1v) is 4.02. The van der Waals surface area contributed by atoms with E-state index in [1.165, 1.54) is 0 Å². The highest BCUT2D eigenvalue weighted by Crippen LogP contribution is 1.99. The van der Waals surface area contributed by atoms with E-state index in [0.717, 1.165) is 19.6 Å². The van der Waals surface area contributed by atoms with Crippen LogP contribution in [0.5, 0.6) is 0 Å². The largest absolute Gasteiger partial charge is 0.395 e. The number of methoxy groups -OCH3 is 1. The fourth-order valence-electron chi connectivity index (χ4n) is 0.887. The zero-order valence-corrected chi connectivity index (χ0v) is 7.71. The lowest BCUT2D eigenvalue weighted by Crippen LogP contribution is -2.32. The number of aliphatic hydroxyl groups excluding tert-OH is 1. The maximum absolute atomic E-state index is 8.64. The smallest absolute Gasteiger partial charge is 0.0558 e. The van der Waals surface area contributed by atoms with Gasteiger partial charge in [-0.1, -0.05) is 0 Å². The molecular formula is C8H19NO2. The Bertz CT molecular complexity index is 88.2. The van der Waals surface area contributed by atoms with E-state index >= 15 is 0 Å². The van der Waals surface area contributed by atoms with Gasteiger partial charge in [-0.15, -0.1) is 0 Å². The molecule has 0 aliphatic rings. The number of hydrogen-bond donors (Lipinski definition) is 1. The van der Waals surface area contributed by atoms with E-state index < -0.39 is 0 Å². The average molecular weight is 161 g/mol. The minimum Gasteiger partial charge on any atom is -0.395 e. The van der Waals surface area contributed by atoms with Gasteiger partial charge in [0, 0.05) is 26.3 Å². The standard InChI is InChI=1S/C8H19NO2/c1-8(4-7-11-3)9(2)5-6-10/h8,10H,4-7H2,1-3H3. The number of likely N-dealkylation sites (N-methyl/N-ethyl adjacent to an activating group) is 1. The summed E-state index contributed by atoms with van der Waals surface area (Å²) in [5.41, 5.74) is 0. The predicted octanol–water partition coefficient (Wildman–Crippen LogP) is 0.336. The van der Waals surface area contributed by atoms with Crippen LogP contribution in [0.3, 0.4) is 0 Å². The van der Waals surface area contributed by atoms with Crippen molar-refractivity contribution in [3.8, 4) is 0 Å². The normalized spacial score (nSPS) is 13.9. The van der Waals surface area contributed by atoms with Gasteiger partial charge in [0.15, 0.2) is 0 Å². The first kappa shape index (κ1) is 10.9. The number of rotatable bonds is 6. The molecule has 0 saturated carbocycles. The van der Waals surface area contributed by atoms with Gasteiger partial charge in [-0.3, -0.25) is 0 Å². The third-order valence-corrected chi connectivity index (χ3v) is 1.94. The Morgan fingerprint density at radius 3 is 2.64 bits per heavy atom. The summed E-state index contributed by atoms with van der Waals surface area (Å²) < 4.78 is 4.95. The molecule has 1 N–H and O–H groups in total. The predicted molar refractivity (Wildman–Crippen MR) is 45.7 cm³/mol. The van der Waals surface area contributed by atoms with Gasteiger partial charge in [0.05, 0.1) is 6.61 Å². The van der Waals surface area contributed by atoms with Gasteiger partial charge in [0.25, 0.3) is 0 Å². The summed E-state index contributed by atoms with van der Waals surface area (Å²) in [4.78, 5) is 2.12. The Labute approximate surface area is 69.0 Å². The second-order valence-electron chi connectivity index (χ2n) is 2.83. The molecule has 0 spiro atoms. The zero-order chi connectivity index (χ0) is 8.69. The Kier molecular flexibility index (Phi) is 6.51. The van der Waals surface area contributed by atoms with Crippen molar-refractivity contribution in [3.05, 3.63) is 0 Å². The van der Waals surface area contributed by atoms with E-state index in [4.69, 9.17) is 9.84 Å². The number of hydrogen-bond acceptors (Lipinski definition) is 3. The lowest BCUT2D eigenvalue weighted by Gasteiger charge is -2.23. The van der Waals surface area contributed by atoms with Crippen molar-refractivity contribution < 1.29 is 9.84 Å². The van der Waals surface area contributed by atoms with Gasteiger partial charge >= 0.3 is 0 Å². The summed E-state index contributed by atoms with van der Waals surface area (Å²) in [5, 5.41) is 8.64. The summed E-state index contributed by atoms with van der Waals surface area (Å²) in [5.74, 6) is 0. The molecule has 0 aromatic carbocycles. The molecule has 0 aliphatic carbocycles. The second-order valence-corrected chi connectivity index (χ2v) is 2.83. The molecule has 0 amide bonds. The maximum Gasteiger partial charge on any atom is 0.0558 e. The van der Waals surface area contributed by atoms with Crippen molar-refractivity contribution >= 4 is 0 Å². The van der Waals surface area contributed by atoms with E-state index in [9.17, 15) is 0 Å². The van der Waals surface area contributed by atoms with Crippen molar-refractivity contribution in [1.29, 1.82) is 0 Å². The Balaban J connectivity index is 3.38. The Hall–Kier alpha value is -0.120. The van der Waals surface area contributed by atoms with Crippen LogP contribution in [0.1, 0.15) is 13.3 Å². The third-order valence-electron chi connectivity index (χ3n) is 1.94. The van der Waals surface area contributed by atoms with E-state index in [2.05, 4.69) is 11.8 Å². The van der Waals surface area contributed by atoms with Crippen LogP contribution in [0.2, 0.25) is 0 Å². The molecule has 0 aromatic heterocycles. The molecule has 0 aromatic rings. The topological polar surface area (TPSA) is 32.7 Å². The molecule has 3 nitrogen and oxygen atoms in total. The van der Waals surface area contributed by atoms with Crippen LogP contribution < -0.4 is 0 Å². The molecule has 0 aliphatic heterocycles. The molecule has 0 saturated heterocycles. The maximum atomic E-state index is 8.64. The van der Waals surface area contributed by atoms with Crippen LogP contribution in [-0.2, 0) is 4.74 Å². The van der Waals surface area contributed by atoms with Crippen LogP contribution in [0.25, 0.3) is 0 Å². The minimum atomic E-state index is 0.230. The highest BCUT2D eigenvalue weighted by atomic mass is 16.5. The number of ether oxygens (including phenoxy) is 1. The zero-order valence-electron chi connectivity index (χ0n) is 7.71. The van der Waals surface area contributed by atoms with E-state index in [1.807, 2.05) is 7.05 Å². The van der Waals surface area contributed by atoms with E-state index in [1.54, 1.807) is 7.11 Å². The van der Waals surface area contributed by atoms with E-state index in [0.29, 0.717) is 6.04 Å². The summed E-state index contributed by atoms with van der Waals surface area (Å²) >= 11 is 0. The van der Waals surface area contributed by atoms with E-state index in [-0.39, 0.29) is 6.61 Å². The van der Waals surface area contributed by atoms with Crippen molar-refractivity contribution in [3.63, 3.8) is 0 Å². The van der Waals surface area contributed by atoms with Crippen molar-refractivity contribution in [2.24, 2.45) is 0 Å². The van der Waals surface area contributed by atoms with Gasteiger partial charge in [-0.05, 0) is 20.4 Å². The number of aliphatic hydroxyl groups is 1. The fourth-order valence-corrected chi connectivity index (χ4v) is 0.887. The summed E-state index contributed by atoms with van der Waals surface area (Å²) in [6, 6.07) is 0.488. The summed E-state index contributed by atoms with van der Waals surface area (Å²) in [6.45, 7) is 3.89. The molecule has 1 atom stereocenters. The molecule has 11 heavy (non-hydrogen) atoms. The third kappa shape index (κ3) is 5.18. The molecular weight excluding hydrogens is 142 g/mol. The molecule has 0 bridgehead atoms. The molecule has 0 heterocycles. The average Bonchev–Trinajstić information content (AvgIpc) is 2.00. The molecule has 0 radical (unpaired) electrons. The quantitative estimate of drug-likeness (QED) is 0.609. The van der Waals surface area contributed by atoms with Gasteiger partial charge in [-0.2, -0.15) is 0 Å². The van der Waals surface area contributed by atoms with Crippen molar-refractivity contribution in [2.45, 2.75) is 19.4 Å². The number of nitrogens with zero attached hydrogens (tertiary/aromatic N) is 1. The molecule has 0 rings (SSSR count). The van der Waals surface area contributed by atoms with Crippen molar-refractivity contribution in [2.75, 3.05) is 33.9 Å². The lowest BCUT2D eigenvalue weighted by molar-refractivity contribution is 0.137. The molecule has 3 heteroatoms. The SMILES string of the molecule is COCCC(C)N(C)CCO. The second kappa shape index (κ2) is 6.58. The highest BCUT2D eigenvalue weighted by Gasteiger charge is 2.06.